The first-order valence-corrected chi connectivity index (χ1v) is 7.96. The molecule has 0 spiro atoms. The number of halogens is 1. The second kappa shape index (κ2) is 6.32. The summed E-state index contributed by atoms with van der Waals surface area (Å²) < 4.78 is 14.9. The van der Waals surface area contributed by atoms with Crippen LogP contribution in [-0.2, 0) is 12.8 Å². The van der Waals surface area contributed by atoms with Gasteiger partial charge in [-0.1, -0.05) is 41.6 Å². The Morgan fingerprint density at radius 2 is 1.86 bits per heavy atom. The summed E-state index contributed by atoms with van der Waals surface area (Å²) >= 11 is 1.64. The molecule has 0 bridgehead atoms. The lowest BCUT2D eigenvalue weighted by Gasteiger charge is -2.04. The molecule has 2 aromatic carbocycles. The quantitative estimate of drug-likeness (QED) is 0.676. The van der Waals surface area contributed by atoms with Gasteiger partial charge in [0.05, 0.1) is 0 Å². The third-order valence-corrected chi connectivity index (χ3v) is 4.48. The molecule has 0 unspecified atom stereocenters. The summed E-state index contributed by atoms with van der Waals surface area (Å²) in [6.07, 6.45) is 0. The highest BCUT2D eigenvalue weighted by atomic mass is 32.2. The summed E-state index contributed by atoms with van der Waals surface area (Å²) in [4.78, 5) is 0. The molecule has 3 rings (SSSR count). The SMILES string of the molecule is Cc1cccc(CSc2nnc(-c3ccc(F)cc3)n2C)c1. The maximum absolute atomic E-state index is 13.0. The fraction of sp³-hybridized carbons (Fsp3) is 0.176. The second-order valence-corrected chi connectivity index (χ2v) is 6.09. The van der Waals surface area contributed by atoms with Crippen LogP contribution in [0.5, 0.6) is 0 Å². The molecule has 3 aromatic rings. The number of rotatable bonds is 4. The maximum atomic E-state index is 13.0. The largest absolute Gasteiger partial charge is 0.305 e. The summed E-state index contributed by atoms with van der Waals surface area (Å²) in [6, 6.07) is 14.7. The standard InChI is InChI=1S/C17H16FN3S/c1-12-4-3-5-13(10-12)11-22-17-20-19-16(21(17)2)14-6-8-15(18)9-7-14/h3-10H,11H2,1-2H3. The van der Waals surface area contributed by atoms with E-state index in [0.29, 0.717) is 0 Å². The number of aryl methyl sites for hydroxylation is 1. The van der Waals surface area contributed by atoms with Gasteiger partial charge in [-0.15, -0.1) is 10.2 Å². The van der Waals surface area contributed by atoms with Crippen LogP contribution in [-0.4, -0.2) is 14.8 Å². The van der Waals surface area contributed by atoms with Gasteiger partial charge in [0.2, 0.25) is 0 Å². The van der Waals surface area contributed by atoms with E-state index < -0.39 is 0 Å². The molecule has 5 heteroatoms. The first-order chi connectivity index (χ1) is 10.6. The third-order valence-electron chi connectivity index (χ3n) is 3.39. The van der Waals surface area contributed by atoms with E-state index in [9.17, 15) is 4.39 Å². The maximum Gasteiger partial charge on any atom is 0.191 e. The summed E-state index contributed by atoms with van der Waals surface area (Å²) in [7, 11) is 1.93. The Morgan fingerprint density at radius 3 is 2.59 bits per heavy atom. The van der Waals surface area contributed by atoms with E-state index in [4.69, 9.17) is 0 Å². The Hall–Kier alpha value is -2.14. The Labute approximate surface area is 133 Å². The highest BCUT2D eigenvalue weighted by Gasteiger charge is 2.11. The summed E-state index contributed by atoms with van der Waals surface area (Å²) in [5.74, 6) is 1.34. The van der Waals surface area contributed by atoms with Crippen molar-refractivity contribution in [3.05, 3.63) is 65.5 Å². The van der Waals surface area contributed by atoms with Gasteiger partial charge in [-0.2, -0.15) is 0 Å². The average Bonchev–Trinajstić information content (AvgIpc) is 2.87. The molecule has 0 aliphatic carbocycles. The minimum atomic E-state index is -0.250. The van der Waals surface area contributed by atoms with Gasteiger partial charge in [-0.3, -0.25) is 0 Å². The number of aromatic nitrogens is 3. The molecule has 112 valence electrons. The molecule has 0 N–H and O–H groups in total. The van der Waals surface area contributed by atoms with Crippen LogP contribution >= 0.6 is 11.8 Å². The number of thioether (sulfide) groups is 1. The van der Waals surface area contributed by atoms with Crippen molar-refractivity contribution in [3.63, 3.8) is 0 Å². The fourth-order valence-corrected chi connectivity index (χ4v) is 3.09. The van der Waals surface area contributed by atoms with Crippen LogP contribution in [0.15, 0.2) is 53.7 Å². The lowest BCUT2D eigenvalue weighted by atomic mass is 10.2. The Bertz CT molecular complexity index is 781. The van der Waals surface area contributed by atoms with Crippen LogP contribution in [0.3, 0.4) is 0 Å². The predicted octanol–water partition coefficient (Wildman–Crippen LogP) is 4.22. The van der Waals surface area contributed by atoms with Crippen molar-refractivity contribution >= 4 is 11.8 Å². The van der Waals surface area contributed by atoms with Gasteiger partial charge in [-0.05, 0) is 36.8 Å². The van der Waals surface area contributed by atoms with E-state index in [1.54, 1.807) is 23.9 Å². The molecule has 0 aliphatic heterocycles. The van der Waals surface area contributed by atoms with Gasteiger partial charge in [-0.25, -0.2) is 4.39 Å². The minimum Gasteiger partial charge on any atom is -0.305 e. The van der Waals surface area contributed by atoms with Crippen molar-refractivity contribution in [2.24, 2.45) is 7.05 Å². The Kier molecular flexibility index (Phi) is 4.24. The molecule has 1 aromatic heterocycles. The van der Waals surface area contributed by atoms with Crippen LogP contribution < -0.4 is 0 Å². The van der Waals surface area contributed by atoms with Gasteiger partial charge < -0.3 is 4.57 Å². The number of benzene rings is 2. The van der Waals surface area contributed by atoms with Crippen molar-refractivity contribution in [1.29, 1.82) is 0 Å². The highest BCUT2D eigenvalue weighted by Crippen LogP contribution is 2.25. The van der Waals surface area contributed by atoms with E-state index in [0.717, 1.165) is 22.3 Å². The molecule has 1 heterocycles. The van der Waals surface area contributed by atoms with E-state index in [1.807, 2.05) is 11.6 Å². The van der Waals surface area contributed by atoms with E-state index >= 15 is 0 Å². The second-order valence-electron chi connectivity index (χ2n) is 5.15. The van der Waals surface area contributed by atoms with Crippen LogP contribution in [0.1, 0.15) is 11.1 Å². The molecular formula is C17H16FN3S. The van der Waals surface area contributed by atoms with Gasteiger partial charge in [0.25, 0.3) is 0 Å². The Morgan fingerprint density at radius 1 is 1.09 bits per heavy atom. The normalized spacial score (nSPS) is 10.9. The zero-order valence-corrected chi connectivity index (χ0v) is 13.3. The van der Waals surface area contributed by atoms with Gasteiger partial charge >= 0.3 is 0 Å². The molecule has 0 fully saturated rings. The number of hydrogen-bond donors (Lipinski definition) is 0. The van der Waals surface area contributed by atoms with Crippen LogP contribution in [0.2, 0.25) is 0 Å². The Balaban J connectivity index is 1.77. The number of nitrogens with zero attached hydrogens (tertiary/aromatic N) is 3. The van der Waals surface area contributed by atoms with Gasteiger partial charge in [0, 0.05) is 18.4 Å². The molecule has 3 nitrogen and oxygen atoms in total. The van der Waals surface area contributed by atoms with Gasteiger partial charge in [0.1, 0.15) is 5.82 Å². The molecule has 0 amide bonds. The molecular weight excluding hydrogens is 297 g/mol. The first-order valence-electron chi connectivity index (χ1n) is 6.97. The molecule has 0 saturated carbocycles. The molecule has 0 aliphatic rings. The van der Waals surface area contributed by atoms with Crippen LogP contribution in [0, 0.1) is 12.7 Å². The minimum absolute atomic E-state index is 0.250. The third kappa shape index (κ3) is 3.20. The van der Waals surface area contributed by atoms with E-state index in [2.05, 4.69) is 41.4 Å². The topological polar surface area (TPSA) is 30.7 Å². The first kappa shape index (κ1) is 14.8. The van der Waals surface area contributed by atoms with Gasteiger partial charge in [0.15, 0.2) is 11.0 Å². The van der Waals surface area contributed by atoms with E-state index in [1.165, 1.54) is 23.3 Å². The fourth-order valence-electron chi connectivity index (χ4n) is 2.24. The van der Waals surface area contributed by atoms with Crippen molar-refractivity contribution in [2.75, 3.05) is 0 Å². The average molecular weight is 313 g/mol. The molecule has 0 saturated heterocycles. The molecule has 0 atom stereocenters. The smallest absolute Gasteiger partial charge is 0.191 e. The zero-order valence-electron chi connectivity index (χ0n) is 12.5. The van der Waals surface area contributed by atoms with Crippen molar-refractivity contribution < 1.29 is 4.39 Å². The van der Waals surface area contributed by atoms with Crippen LogP contribution in [0.25, 0.3) is 11.4 Å². The van der Waals surface area contributed by atoms with Crippen LogP contribution in [0.4, 0.5) is 4.39 Å². The lowest BCUT2D eigenvalue weighted by molar-refractivity contribution is 0.628. The monoisotopic (exact) mass is 313 g/mol. The molecule has 22 heavy (non-hydrogen) atoms. The number of hydrogen-bond acceptors (Lipinski definition) is 3. The highest BCUT2D eigenvalue weighted by molar-refractivity contribution is 7.98. The zero-order chi connectivity index (χ0) is 15.5. The van der Waals surface area contributed by atoms with Crippen molar-refractivity contribution in [3.8, 4) is 11.4 Å². The summed E-state index contributed by atoms with van der Waals surface area (Å²) in [5.41, 5.74) is 3.37. The summed E-state index contributed by atoms with van der Waals surface area (Å²) in [5, 5.41) is 9.30. The predicted molar refractivity (Wildman–Crippen MR) is 87.1 cm³/mol. The summed E-state index contributed by atoms with van der Waals surface area (Å²) in [6.45, 7) is 2.09. The molecule has 0 radical (unpaired) electrons. The lowest BCUT2D eigenvalue weighted by Crippen LogP contribution is -1.95. The van der Waals surface area contributed by atoms with Crippen molar-refractivity contribution in [1.82, 2.24) is 14.8 Å². The van der Waals surface area contributed by atoms with Crippen molar-refractivity contribution in [2.45, 2.75) is 17.8 Å². The van der Waals surface area contributed by atoms with E-state index in [-0.39, 0.29) is 5.82 Å².